The number of aliphatic hydroxyl groups is 1. The monoisotopic (exact) mass is 275 g/mol. The van der Waals surface area contributed by atoms with Gasteiger partial charge in [-0.3, -0.25) is 0 Å². The summed E-state index contributed by atoms with van der Waals surface area (Å²) in [5.74, 6) is -0.789. The van der Waals surface area contributed by atoms with Crippen LogP contribution in [0.4, 0.5) is 4.39 Å². The second kappa shape index (κ2) is 4.95. The summed E-state index contributed by atoms with van der Waals surface area (Å²) in [4.78, 5) is -0.366. The fourth-order valence-corrected chi connectivity index (χ4v) is 3.08. The molecule has 0 atom stereocenters. The van der Waals surface area contributed by atoms with Crippen molar-refractivity contribution in [3.8, 4) is 0 Å². The summed E-state index contributed by atoms with van der Waals surface area (Å²) < 4.78 is 38.9. The minimum absolute atomic E-state index is 0.108. The van der Waals surface area contributed by atoms with E-state index in [1.807, 2.05) is 0 Å². The molecule has 102 valence electrons. The lowest BCUT2D eigenvalue weighted by molar-refractivity contribution is 0.0639. The van der Waals surface area contributed by atoms with E-state index in [1.54, 1.807) is 6.92 Å². The van der Waals surface area contributed by atoms with Gasteiger partial charge in [-0.15, -0.1) is 0 Å². The Hall–Kier alpha value is -0.980. The van der Waals surface area contributed by atoms with Crippen molar-refractivity contribution in [3.05, 3.63) is 29.6 Å². The van der Waals surface area contributed by atoms with Crippen molar-refractivity contribution in [2.45, 2.75) is 31.3 Å². The molecule has 0 bridgehead atoms. The van der Waals surface area contributed by atoms with Gasteiger partial charge in [0.1, 0.15) is 10.7 Å². The lowest BCUT2D eigenvalue weighted by atomic mass is 10.1. The van der Waals surface area contributed by atoms with Gasteiger partial charge >= 0.3 is 0 Å². The number of likely N-dealkylation sites (N-methyl/N-ethyl adjacent to an activating group) is 1. The average molecular weight is 275 g/mol. The molecule has 1 aromatic rings. The highest BCUT2D eigenvalue weighted by Crippen LogP contribution is 2.21. The zero-order valence-electron chi connectivity index (χ0n) is 10.9. The van der Waals surface area contributed by atoms with Crippen molar-refractivity contribution in [3.63, 3.8) is 0 Å². The van der Waals surface area contributed by atoms with Gasteiger partial charge in [0.25, 0.3) is 0 Å². The highest BCUT2D eigenvalue weighted by Gasteiger charge is 2.28. The van der Waals surface area contributed by atoms with Gasteiger partial charge in [-0.2, -0.15) is 4.31 Å². The predicted molar refractivity (Wildman–Crippen MR) is 67.3 cm³/mol. The molecule has 0 aromatic heterocycles. The maximum atomic E-state index is 13.6. The van der Waals surface area contributed by atoms with Crippen LogP contribution >= 0.6 is 0 Å². The lowest BCUT2D eigenvalue weighted by Gasteiger charge is -2.25. The Morgan fingerprint density at radius 1 is 1.39 bits per heavy atom. The van der Waals surface area contributed by atoms with Crippen LogP contribution < -0.4 is 0 Å². The van der Waals surface area contributed by atoms with E-state index in [-0.39, 0.29) is 11.4 Å². The van der Waals surface area contributed by atoms with Crippen LogP contribution in [-0.2, 0) is 10.0 Å². The van der Waals surface area contributed by atoms with Crippen molar-refractivity contribution >= 4 is 10.0 Å². The summed E-state index contributed by atoms with van der Waals surface area (Å²) in [7, 11) is -2.61. The highest BCUT2D eigenvalue weighted by atomic mass is 32.2. The first-order valence-corrected chi connectivity index (χ1v) is 6.93. The molecular formula is C12H18FNO3S. The smallest absolute Gasteiger partial charge is 0.245 e. The van der Waals surface area contributed by atoms with Crippen LogP contribution in [0.25, 0.3) is 0 Å². The van der Waals surface area contributed by atoms with E-state index in [9.17, 15) is 17.9 Å². The summed E-state index contributed by atoms with van der Waals surface area (Å²) in [5.41, 5.74) is -0.520. The quantitative estimate of drug-likeness (QED) is 0.906. The molecule has 0 unspecified atom stereocenters. The van der Waals surface area contributed by atoms with Gasteiger partial charge in [-0.25, -0.2) is 12.8 Å². The molecule has 0 fully saturated rings. The Morgan fingerprint density at radius 2 is 1.94 bits per heavy atom. The van der Waals surface area contributed by atoms with E-state index in [0.717, 1.165) is 10.4 Å². The Labute approximate surface area is 107 Å². The van der Waals surface area contributed by atoms with E-state index in [2.05, 4.69) is 0 Å². The Balaban J connectivity index is 3.17. The van der Waals surface area contributed by atoms with Crippen molar-refractivity contribution in [2.24, 2.45) is 0 Å². The summed E-state index contributed by atoms with van der Waals surface area (Å²) in [6.45, 7) is 4.56. The first kappa shape index (κ1) is 15.1. The molecule has 1 aromatic carbocycles. The molecule has 0 radical (unpaired) electrons. The van der Waals surface area contributed by atoms with Crippen LogP contribution in [-0.4, -0.2) is 37.0 Å². The van der Waals surface area contributed by atoms with Gasteiger partial charge in [0.05, 0.1) is 5.60 Å². The summed E-state index contributed by atoms with van der Waals surface area (Å²) in [5, 5.41) is 9.62. The molecule has 0 amide bonds. The van der Waals surface area contributed by atoms with E-state index in [4.69, 9.17) is 0 Å². The van der Waals surface area contributed by atoms with Gasteiger partial charge in [0.15, 0.2) is 0 Å². The van der Waals surface area contributed by atoms with Crippen LogP contribution in [0.15, 0.2) is 23.1 Å². The fraction of sp³-hybridized carbons (Fsp3) is 0.500. The number of aryl methyl sites for hydroxylation is 1. The Bertz CT molecular complexity index is 535. The van der Waals surface area contributed by atoms with Gasteiger partial charge in [0.2, 0.25) is 10.0 Å². The predicted octanol–water partition coefficient (Wildman–Crippen LogP) is 1.53. The summed E-state index contributed by atoms with van der Waals surface area (Å²) >= 11 is 0. The van der Waals surface area contributed by atoms with E-state index < -0.39 is 21.4 Å². The summed E-state index contributed by atoms with van der Waals surface area (Å²) in [6.07, 6.45) is 0. The number of halogens is 1. The van der Waals surface area contributed by atoms with Crippen LogP contribution in [0.3, 0.4) is 0 Å². The molecule has 0 saturated carbocycles. The molecule has 18 heavy (non-hydrogen) atoms. The highest BCUT2D eigenvalue weighted by molar-refractivity contribution is 7.89. The third-order valence-corrected chi connectivity index (χ3v) is 4.20. The third kappa shape index (κ3) is 3.51. The number of benzene rings is 1. The minimum atomic E-state index is -3.93. The number of hydrogen-bond donors (Lipinski definition) is 1. The standard InChI is InChI=1S/C12H18FNO3S/c1-9-5-6-10(13)11(7-9)18(16,17)14(4)8-12(2,3)15/h5-7,15H,8H2,1-4H3. The number of nitrogens with zero attached hydrogens (tertiary/aromatic N) is 1. The number of sulfonamides is 1. The van der Waals surface area contributed by atoms with Crippen molar-refractivity contribution in [1.82, 2.24) is 4.31 Å². The topological polar surface area (TPSA) is 57.6 Å². The molecule has 0 aliphatic rings. The Kier molecular flexibility index (Phi) is 4.15. The lowest BCUT2D eigenvalue weighted by Crippen LogP contribution is -2.39. The third-order valence-electron chi connectivity index (χ3n) is 2.38. The van der Waals surface area contributed by atoms with Crippen LogP contribution in [0.1, 0.15) is 19.4 Å². The van der Waals surface area contributed by atoms with E-state index in [1.165, 1.54) is 33.0 Å². The van der Waals surface area contributed by atoms with Crippen LogP contribution in [0.2, 0.25) is 0 Å². The molecule has 6 heteroatoms. The molecule has 1 N–H and O–H groups in total. The van der Waals surface area contributed by atoms with Crippen molar-refractivity contribution in [2.75, 3.05) is 13.6 Å². The van der Waals surface area contributed by atoms with Crippen molar-refractivity contribution < 1.29 is 17.9 Å². The SMILES string of the molecule is Cc1ccc(F)c(S(=O)(=O)N(C)CC(C)(C)O)c1. The summed E-state index contributed by atoms with van der Waals surface area (Å²) in [6, 6.07) is 3.91. The molecule has 1 rings (SSSR count). The molecule has 0 aliphatic carbocycles. The van der Waals surface area contributed by atoms with Gasteiger partial charge < -0.3 is 5.11 Å². The zero-order valence-corrected chi connectivity index (χ0v) is 11.8. The maximum Gasteiger partial charge on any atom is 0.245 e. The molecular weight excluding hydrogens is 257 g/mol. The minimum Gasteiger partial charge on any atom is -0.389 e. The second-order valence-corrected chi connectivity index (χ2v) is 7.02. The second-order valence-electron chi connectivity index (χ2n) is 5.01. The van der Waals surface area contributed by atoms with E-state index in [0.29, 0.717) is 5.56 Å². The molecule has 0 saturated heterocycles. The van der Waals surface area contributed by atoms with Crippen LogP contribution in [0.5, 0.6) is 0 Å². The van der Waals surface area contributed by atoms with Gasteiger partial charge in [-0.1, -0.05) is 6.07 Å². The largest absolute Gasteiger partial charge is 0.389 e. The Morgan fingerprint density at radius 3 is 2.44 bits per heavy atom. The van der Waals surface area contributed by atoms with Gasteiger partial charge in [-0.05, 0) is 38.5 Å². The van der Waals surface area contributed by atoms with Crippen LogP contribution in [0, 0.1) is 12.7 Å². The maximum absolute atomic E-state index is 13.6. The van der Waals surface area contributed by atoms with E-state index >= 15 is 0 Å². The average Bonchev–Trinajstić information content (AvgIpc) is 2.19. The zero-order chi connectivity index (χ0) is 14.1. The number of hydrogen-bond acceptors (Lipinski definition) is 3. The first-order chi connectivity index (χ1) is 8.04. The molecule has 0 spiro atoms. The molecule has 0 aliphatic heterocycles. The number of rotatable bonds is 4. The van der Waals surface area contributed by atoms with Gasteiger partial charge in [0, 0.05) is 13.6 Å². The normalized spacial score (nSPS) is 13.1. The molecule has 0 heterocycles. The molecule has 4 nitrogen and oxygen atoms in total. The van der Waals surface area contributed by atoms with Crippen molar-refractivity contribution in [1.29, 1.82) is 0 Å². The fourth-order valence-electron chi connectivity index (χ4n) is 1.61. The first-order valence-electron chi connectivity index (χ1n) is 5.49.